The minimum atomic E-state index is -3.87. The highest BCUT2D eigenvalue weighted by Crippen LogP contribution is 2.23. The summed E-state index contributed by atoms with van der Waals surface area (Å²) in [6.07, 6.45) is 0. The number of rotatable bonds is 9. The molecule has 0 aliphatic carbocycles. The predicted molar refractivity (Wildman–Crippen MR) is 128 cm³/mol. The number of anilines is 1. The van der Waals surface area contributed by atoms with Crippen LogP contribution in [0.25, 0.3) is 0 Å². The van der Waals surface area contributed by atoms with Gasteiger partial charge in [-0.15, -0.1) is 0 Å². The lowest BCUT2D eigenvalue weighted by Crippen LogP contribution is -2.44. The van der Waals surface area contributed by atoms with E-state index < -0.39 is 22.0 Å². The molecule has 3 aromatic rings. The number of carbonyl (C=O) groups is 2. The molecule has 3 aromatic carbocycles. The first-order valence-corrected chi connectivity index (χ1v) is 12.1. The zero-order valence-corrected chi connectivity index (χ0v) is 19.4. The van der Waals surface area contributed by atoms with Crippen LogP contribution in [0.1, 0.15) is 29.8 Å². The number of hydrogen-bond donors (Lipinski definition) is 2. The Morgan fingerprint density at radius 3 is 2.18 bits per heavy atom. The van der Waals surface area contributed by atoms with Crippen LogP contribution in [-0.2, 0) is 21.4 Å². The van der Waals surface area contributed by atoms with Crippen molar-refractivity contribution in [2.45, 2.75) is 31.3 Å². The molecule has 0 spiro atoms. The number of para-hydroxylation sites is 1. The lowest BCUT2D eigenvalue weighted by molar-refractivity contribution is -0.122. The van der Waals surface area contributed by atoms with Gasteiger partial charge in [0.2, 0.25) is 5.91 Å². The fourth-order valence-corrected chi connectivity index (χ4v) is 4.81. The molecule has 7 nitrogen and oxygen atoms in total. The number of carbonyl (C=O) groups excluding carboxylic acids is 2. The van der Waals surface area contributed by atoms with E-state index in [0.29, 0.717) is 12.2 Å². The maximum Gasteiger partial charge on any atom is 0.264 e. The Bertz CT molecular complexity index is 1200. The summed E-state index contributed by atoms with van der Waals surface area (Å²) in [6, 6.07) is 23.2. The van der Waals surface area contributed by atoms with Gasteiger partial charge in [-0.25, -0.2) is 8.42 Å². The third-order valence-corrected chi connectivity index (χ3v) is 6.97. The van der Waals surface area contributed by atoms with Crippen molar-refractivity contribution < 1.29 is 18.0 Å². The summed E-state index contributed by atoms with van der Waals surface area (Å²) >= 11 is 0. The van der Waals surface area contributed by atoms with Crippen LogP contribution in [0.4, 0.5) is 5.69 Å². The first kappa shape index (κ1) is 24.0. The number of sulfonamides is 1. The molecule has 0 fully saturated rings. The van der Waals surface area contributed by atoms with Crippen LogP contribution in [0.15, 0.2) is 89.8 Å². The van der Waals surface area contributed by atoms with Gasteiger partial charge in [0.15, 0.2) is 0 Å². The van der Waals surface area contributed by atoms with Crippen molar-refractivity contribution >= 4 is 27.5 Å². The molecule has 0 saturated heterocycles. The average molecular weight is 466 g/mol. The highest BCUT2D eigenvalue weighted by Gasteiger charge is 2.25. The Hall–Kier alpha value is -3.65. The van der Waals surface area contributed by atoms with Gasteiger partial charge in [-0.3, -0.25) is 13.9 Å². The summed E-state index contributed by atoms with van der Waals surface area (Å²) in [4.78, 5) is 25.1. The number of hydrogen-bond acceptors (Lipinski definition) is 4. The number of nitrogens with zero attached hydrogens (tertiary/aromatic N) is 1. The highest BCUT2D eigenvalue weighted by molar-refractivity contribution is 7.92. The van der Waals surface area contributed by atoms with Crippen LogP contribution in [0.5, 0.6) is 0 Å². The van der Waals surface area contributed by atoms with E-state index in [0.717, 1.165) is 5.56 Å². The zero-order chi connectivity index (χ0) is 23.8. The molecule has 172 valence electrons. The largest absolute Gasteiger partial charge is 0.350 e. The summed E-state index contributed by atoms with van der Waals surface area (Å²) in [6.45, 7) is 3.91. The predicted octanol–water partition coefficient (Wildman–Crippen LogP) is 3.34. The number of amides is 2. The number of benzene rings is 3. The van der Waals surface area contributed by atoms with E-state index in [1.165, 1.54) is 28.6 Å². The van der Waals surface area contributed by atoms with Crippen molar-refractivity contribution in [3.63, 3.8) is 0 Å². The maximum atomic E-state index is 13.2. The smallest absolute Gasteiger partial charge is 0.264 e. The van der Waals surface area contributed by atoms with E-state index in [1.54, 1.807) is 38.1 Å². The summed E-state index contributed by atoms with van der Waals surface area (Å²) in [7, 11) is -3.87. The molecule has 3 rings (SSSR count). The summed E-state index contributed by atoms with van der Waals surface area (Å²) in [5, 5.41) is 5.40. The Kier molecular flexibility index (Phi) is 7.84. The SMILES string of the molecule is CCN(c1ccccc1)S(=O)(=O)c1cccc(C(=O)NC(C)C(=O)NCc2ccccc2)c1. The topological polar surface area (TPSA) is 95.6 Å². The second-order valence-electron chi connectivity index (χ2n) is 7.43. The van der Waals surface area contributed by atoms with Gasteiger partial charge in [0.1, 0.15) is 6.04 Å². The van der Waals surface area contributed by atoms with E-state index >= 15 is 0 Å². The molecule has 0 aromatic heterocycles. The Morgan fingerprint density at radius 1 is 0.909 bits per heavy atom. The van der Waals surface area contributed by atoms with Gasteiger partial charge in [-0.05, 0) is 49.7 Å². The zero-order valence-electron chi connectivity index (χ0n) is 18.6. The maximum absolute atomic E-state index is 13.2. The molecule has 0 saturated carbocycles. The first-order valence-electron chi connectivity index (χ1n) is 10.6. The lowest BCUT2D eigenvalue weighted by Gasteiger charge is -2.23. The molecular formula is C25H27N3O4S. The van der Waals surface area contributed by atoms with Crippen molar-refractivity contribution in [2.24, 2.45) is 0 Å². The van der Waals surface area contributed by atoms with Crippen molar-refractivity contribution in [3.8, 4) is 0 Å². The molecule has 2 N–H and O–H groups in total. The van der Waals surface area contributed by atoms with Gasteiger partial charge in [-0.1, -0.05) is 54.6 Å². The molecule has 1 atom stereocenters. The fourth-order valence-electron chi connectivity index (χ4n) is 3.29. The molecule has 33 heavy (non-hydrogen) atoms. The van der Waals surface area contributed by atoms with E-state index in [-0.39, 0.29) is 22.9 Å². The molecule has 0 heterocycles. The van der Waals surface area contributed by atoms with E-state index in [1.807, 2.05) is 36.4 Å². The van der Waals surface area contributed by atoms with Crippen LogP contribution < -0.4 is 14.9 Å². The normalized spacial score (nSPS) is 11.9. The second-order valence-corrected chi connectivity index (χ2v) is 9.29. The Morgan fingerprint density at radius 2 is 1.55 bits per heavy atom. The van der Waals surface area contributed by atoms with Crippen LogP contribution in [0.2, 0.25) is 0 Å². The molecule has 1 unspecified atom stereocenters. The lowest BCUT2D eigenvalue weighted by atomic mass is 10.2. The van der Waals surface area contributed by atoms with Crippen LogP contribution in [-0.4, -0.2) is 32.8 Å². The average Bonchev–Trinajstić information content (AvgIpc) is 2.84. The van der Waals surface area contributed by atoms with Gasteiger partial charge in [-0.2, -0.15) is 0 Å². The van der Waals surface area contributed by atoms with Crippen molar-refractivity contribution in [2.75, 3.05) is 10.8 Å². The molecule has 8 heteroatoms. The third kappa shape index (κ3) is 5.98. The van der Waals surface area contributed by atoms with Crippen LogP contribution >= 0.6 is 0 Å². The molecule has 0 aliphatic rings. The Labute approximate surface area is 194 Å². The Balaban J connectivity index is 1.70. The first-order chi connectivity index (χ1) is 15.8. The second kappa shape index (κ2) is 10.8. The third-order valence-electron chi connectivity index (χ3n) is 5.07. The summed E-state index contributed by atoms with van der Waals surface area (Å²) < 4.78 is 27.7. The van der Waals surface area contributed by atoms with Crippen LogP contribution in [0.3, 0.4) is 0 Å². The van der Waals surface area contributed by atoms with Gasteiger partial charge in [0, 0.05) is 18.7 Å². The molecule has 0 aliphatic heterocycles. The highest BCUT2D eigenvalue weighted by atomic mass is 32.2. The molecule has 2 amide bonds. The van der Waals surface area contributed by atoms with Crippen molar-refractivity contribution in [3.05, 3.63) is 96.1 Å². The monoisotopic (exact) mass is 465 g/mol. The van der Waals surface area contributed by atoms with Gasteiger partial charge >= 0.3 is 0 Å². The van der Waals surface area contributed by atoms with E-state index in [9.17, 15) is 18.0 Å². The standard InChI is InChI=1S/C25H27N3O4S/c1-3-28(22-14-8-5-9-15-22)33(31,32)23-16-10-13-21(17-23)25(30)27-19(2)24(29)26-18-20-11-6-4-7-12-20/h4-17,19H,3,18H2,1-2H3,(H,26,29)(H,27,30). The fraction of sp³-hybridized carbons (Fsp3) is 0.200. The van der Waals surface area contributed by atoms with E-state index in [4.69, 9.17) is 0 Å². The quantitative estimate of drug-likeness (QED) is 0.507. The minimum absolute atomic E-state index is 0.00188. The summed E-state index contributed by atoms with van der Waals surface area (Å²) in [5.41, 5.74) is 1.64. The molecular weight excluding hydrogens is 438 g/mol. The van der Waals surface area contributed by atoms with Crippen LogP contribution in [0, 0.1) is 0 Å². The van der Waals surface area contributed by atoms with E-state index in [2.05, 4.69) is 10.6 Å². The number of nitrogens with one attached hydrogen (secondary N) is 2. The minimum Gasteiger partial charge on any atom is -0.350 e. The van der Waals surface area contributed by atoms with Gasteiger partial charge in [0.05, 0.1) is 10.6 Å². The van der Waals surface area contributed by atoms with Gasteiger partial charge < -0.3 is 10.6 Å². The molecule has 0 bridgehead atoms. The molecule has 0 radical (unpaired) electrons. The van der Waals surface area contributed by atoms with Crippen molar-refractivity contribution in [1.29, 1.82) is 0 Å². The van der Waals surface area contributed by atoms with Gasteiger partial charge in [0.25, 0.3) is 15.9 Å². The summed E-state index contributed by atoms with van der Waals surface area (Å²) in [5.74, 6) is -0.866. The van der Waals surface area contributed by atoms with Crippen molar-refractivity contribution in [1.82, 2.24) is 10.6 Å².